The van der Waals surface area contributed by atoms with Gasteiger partial charge in [0, 0.05) is 5.92 Å². The molecule has 0 amide bonds. The predicted octanol–water partition coefficient (Wildman–Crippen LogP) is 8.07. The van der Waals surface area contributed by atoms with Gasteiger partial charge in [0.05, 0.1) is 0 Å². The molecule has 0 saturated carbocycles. The Morgan fingerprint density at radius 1 is 0.469 bits per heavy atom. The average Bonchev–Trinajstić information content (AvgIpc) is 2.57. The van der Waals surface area contributed by atoms with Gasteiger partial charge >= 0.3 is 47.6 Å². The van der Waals surface area contributed by atoms with E-state index in [9.17, 15) is 74.6 Å². The summed E-state index contributed by atoms with van der Waals surface area (Å²) in [7, 11) is 0. The minimum absolute atomic E-state index is 0.667. The van der Waals surface area contributed by atoms with Crippen LogP contribution in [0.5, 0.6) is 0 Å². The lowest BCUT2D eigenvalue weighted by Crippen LogP contribution is -2.74. The molecule has 0 aromatic heterocycles. The second-order valence-corrected chi connectivity index (χ2v) is 7.30. The highest BCUT2D eigenvalue weighted by Gasteiger charge is 2.95. The summed E-state index contributed by atoms with van der Waals surface area (Å²) in [6, 6.07) is 0. The van der Waals surface area contributed by atoms with E-state index in [2.05, 4.69) is 0 Å². The van der Waals surface area contributed by atoms with E-state index in [-0.39, 0.29) is 0 Å². The summed E-state index contributed by atoms with van der Waals surface area (Å²) in [5.74, 6) is -59.7. The SMILES string of the molecule is CCC(CC(C)C)C(F)(F)C(F)(F)C(F)(F)C(F)(F)C(F)(F)C(F)(F)C(F)(F)C(F)(F)F. The smallest absolute Gasteiger partial charge is 0.199 e. The van der Waals surface area contributed by atoms with E-state index in [0.29, 0.717) is 6.92 Å². The molecule has 0 aromatic carbocycles. The van der Waals surface area contributed by atoms with Crippen molar-refractivity contribution in [3.63, 3.8) is 0 Å². The fourth-order valence-electron chi connectivity index (χ4n) is 2.57. The Hall–Kier alpha value is -1.19. The second kappa shape index (κ2) is 8.24. The summed E-state index contributed by atoms with van der Waals surface area (Å²) in [5.41, 5.74) is 0. The zero-order valence-corrected chi connectivity index (χ0v) is 16.0. The zero-order chi connectivity index (χ0) is 26.6. The van der Waals surface area contributed by atoms with Gasteiger partial charge < -0.3 is 0 Å². The first-order valence-corrected chi connectivity index (χ1v) is 8.34. The van der Waals surface area contributed by atoms with Gasteiger partial charge in [0.1, 0.15) is 0 Å². The molecule has 0 fully saturated rings. The quantitative estimate of drug-likeness (QED) is 0.257. The van der Waals surface area contributed by atoms with Crippen LogP contribution in [0.4, 0.5) is 74.6 Å². The molecule has 1 atom stereocenters. The van der Waals surface area contributed by atoms with Crippen LogP contribution in [0.25, 0.3) is 0 Å². The molecule has 1 unspecified atom stereocenters. The topological polar surface area (TPSA) is 0 Å². The maximum Gasteiger partial charge on any atom is 0.460 e. The third-order valence-corrected chi connectivity index (χ3v) is 4.51. The summed E-state index contributed by atoms with van der Waals surface area (Å²) < 4.78 is 225. The van der Waals surface area contributed by atoms with Crippen molar-refractivity contribution in [2.45, 2.75) is 81.2 Å². The lowest BCUT2D eigenvalue weighted by atomic mass is 9.81. The molecular formula is C15H15F17. The number of hydrogen-bond donors (Lipinski definition) is 0. The van der Waals surface area contributed by atoms with E-state index < -0.39 is 72.3 Å². The standard InChI is InChI=1S/C15H15F17/c1-4-7(5-6(2)3)8(16,17)9(18,19)10(20,21)11(22,23)12(24,25)13(26,27)14(28,29)15(30,31)32/h6-7H,4-5H2,1-3H3. The summed E-state index contributed by atoms with van der Waals surface area (Å²) in [6.07, 6.45) is -10.00. The van der Waals surface area contributed by atoms with Gasteiger partial charge in [-0.15, -0.1) is 0 Å². The lowest BCUT2D eigenvalue weighted by Gasteiger charge is -2.44. The molecule has 0 nitrogen and oxygen atoms in total. The maximum absolute atomic E-state index is 14.0. The fourth-order valence-corrected chi connectivity index (χ4v) is 2.57. The van der Waals surface area contributed by atoms with Crippen LogP contribution in [0.1, 0.15) is 33.6 Å². The van der Waals surface area contributed by atoms with Crippen molar-refractivity contribution in [3.8, 4) is 0 Å². The molecule has 32 heavy (non-hydrogen) atoms. The van der Waals surface area contributed by atoms with Gasteiger partial charge in [-0.2, -0.15) is 74.6 Å². The summed E-state index contributed by atoms with van der Waals surface area (Å²) in [6.45, 7) is 2.80. The van der Waals surface area contributed by atoms with Crippen LogP contribution in [-0.4, -0.2) is 47.6 Å². The van der Waals surface area contributed by atoms with Gasteiger partial charge in [-0.3, -0.25) is 0 Å². The minimum atomic E-state index is -8.58. The average molecular weight is 518 g/mol. The lowest BCUT2D eigenvalue weighted by molar-refractivity contribution is -0.463. The monoisotopic (exact) mass is 518 g/mol. The molecule has 0 aliphatic carbocycles. The second-order valence-electron chi connectivity index (χ2n) is 7.30. The zero-order valence-electron chi connectivity index (χ0n) is 16.0. The molecule has 0 aliphatic rings. The first kappa shape index (κ1) is 30.8. The Bertz CT molecular complexity index is 643. The van der Waals surface area contributed by atoms with Crippen molar-refractivity contribution < 1.29 is 74.6 Å². The molecule has 17 heteroatoms. The summed E-state index contributed by atoms with van der Waals surface area (Å²) in [4.78, 5) is 0. The van der Waals surface area contributed by atoms with E-state index in [4.69, 9.17) is 0 Å². The van der Waals surface area contributed by atoms with Crippen LogP contribution < -0.4 is 0 Å². The molecular weight excluding hydrogens is 503 g/mol. The molecule has 0 aromatic rings. The van der Waals surface area contributed by atoms with Gasteiger partial charge in [0.25, 0.3) is 0 Å². The highest BCUT2D eigenvalue weighted by Crippen LogP contribution is 2.64. The van der Waals surface area contributed by atoms with Gasteiger partial charge in [-0.05, 0) is 18.8 Å². The molecule has 0 N–H and O–H groups in total. The molecule has 0 aliphatic heterocycles. The van der Waals surface area contributed by atoms with E-state index >= 15 is 0 Å². The van der Waals surface area contributed by atoms with Gasteiger partial charge in [-0.25, -0.2) is 0 Å². The van der Waals surface area contributed by atoms with Crippen molar-refractivity contribution in [3.05, 3.63) is 0 Å². The number of alkyl halides is 17. The predicted molar refractivity (Wildman–Crippen MR) is 73.9 cm³/mol. The van der Waals surface area contributed by atoms with E-state index in [0.717, 1.165) is 13.8 Å². The van der Waals surface area contributed by atoms with Crippen LogP contribution in [0.15, 0.2) is 0 Å². The summed E-state index contributed by atoms with van der Waals surface area (Å²) >= 11 is 0. The molecule has 0 rings (SSSR count). The van der Waals surface area contributed by atoms with Crippen LogP contribution in [-0.2, 0) is 0 Å². The Morgan fingerprint density at radius 2 is 0.750 bits per heavy atom. The van der Waals surface area contributed by atoms with Gasteiger partial charge in [0.15, 0.2) is 0 Å². The van der Waals surface area contributed by atoms with E-state index in [1.165, 1.54) is 0 Å². The third kappa shape index (κ3) is 4.09. The molecule has 0 bridgehead atoms. The Labute approximate surface area is 169 Å². The van der Waals surface area contributed by atoms with Crippen molar-refractivity contribution in [2.24, 2.45) is 11.8 Å². The fraction of sp³-hybridized carbons (Fsp3) is 1.00. The Kier molecular flexibility index (Phi) is 7.93. The maximum atomic E-state index is 14.0. The highest BCUT2D eigenvalue weighted by molar-refractivity contribution is 5.15. The number of rotatable bonds is 10. The molecule has 194 valence electrons. The molecule has 0 saturated heterocycles. The Balaban J connectivity index is 6.77. The van der Waals surface area contributed by atoms with Crippen molar-refractivity contribution in [1.82, 2.24) is 0 Å². The third-order valence-electron chi connectivity index (χ3n) is 4.51. The van der Waals surface area contributed by atoms with Crippen LogP contribution >= 0.6 is 0 Å². The van der Waals surface area contributed by atoms with Gasteiger partial charge in [-0.1, -0.05) is 20.8 Å². The largest absolute Gasteiger partial charge is 0.460 e. The van der Waals surface area contributed by atoms with Crippen molar-refractivity contribution >= 4 is 0 Å². The van der Waals surface area contributed by atoms with E-state index in [1.54, 1.807) is 0 Å². The highest BCUT2D eigenvalue weighted by atomic mass is 19.4. The van der Waals surface area contributed by atoms with Crippen LogP contribution in [0, 0.1) is 11.8 Å². The molecule has 0 heterocycles. The first-order valence-electron chi connectivity index (χ1n) is 8.34. The van der Waals surface area contributed by atoms with Crippen molar-refractivity contribution in [1.29, 1.82) is 0 Å². The normalized spacial score (nSPS) is 17.2. The van der Waals surface area contributed by atoms with Crippen LogP contribution in [0.2, 0.25) is 0 Å². The molecule has 0 radical (unpaired) electrons. The number of hydrogen-bond acceptors (Lipinski definition) is 0. The first-order chi connectivity index (χ1) is 13.6. The van der Waals surface area contributed by atoms with E-state index in [1.807, 2.05) is 0 Å². The van der Waals surface area contributed by atoms with Gasteiger partial charge in [0.2, 0.25) is 0 Å². The van der Waals surface area contributed by atoms with Crippen LogP contribution in [0.3, 0.4) is 0 Å². The molecule has 0 spiro atoms. The van der Waals surface area contributed by atoms with Crippen molar-refractivity contribution in [2.75, 3.05) is 0 Å². The minimum Gasteiger partial charge on any atom is -0.199 e. The summed E-state index contributed by atoms with van der Waals surface area (Å²) in [5, 5.41) is 0. The number of halogens is 17. The Morgan fingerprint density at radius 3 is 1.00 bits per heavy atom.